The zero-order valence-electron chi connectivity index (χ0n) is 58.1. The number of hydrogen-bond donors (Lipinski definition) is 8. The van der Waals surface area contributed by atoms with Crippen LogP contribution in [0.2, 0.25) is 0 Å². The van der Waals surface area contributed by atoms with Gasteiger partial charge in [-0.15, -0.1) is 0 Å². The van der Waals surface area contributed by atoms with E-state index in [0.717, 1.165) is 76.2 Å². The molecule has 6 aromatic rings. The van der Waals surface area contributed by atoms with E-state index in [1.807, 2.05) is 59.0 Å². The number of carboxylic acids is 1. The number of amides is 8. The van der Waals surface area contributed by atoms with Gasteiger partial charge < -0.3 is 61.0 Å². The monoisotopic (exact) mass is 1420 g/mol. The fourth-order valence-electron chi connectivity index (χ4n) is 17.2. The van der Waals surface area contributed by atoms with Crippen LogP contribution in [0.5, 0.6) is 0 Å². The number of thiazole rings is 1. The summed E-state index contributed by atoms with van der Waals surface area (Å²) < 4.78 is 21.9. The molecule has 3 unspecified atom stereocenters. The molecule has 4 saturated carbocycles. The third kappa shape index (κ3) is 16.1. The van der Waals surface area contributed by atoms with E-state index < -0.39 is 96.0 Å². The van der Waals surface area contributed by atoms with Crippen molar-refractivity contribution >= 4 is 91.6 Å². The molecule has 1 saturated heterocycles. The van der Waals surface area contributed by atoms with E-state index in [9.17, 15) is 58.5 Å². The highest BCUT2D eigenvalue weighted by Gasteiger charge is 2.66. The summed E-state index contributed by atoms with van der Waals surface area (Å²) in [6.45, 7) is 12.2. The topological polar surface area (TPSA) is 369 Å². The fourth-order valence-corrected chi connectivity index (χ4v) is 18.0. The summed E-state index contributed by atoms with van der Waals surface area (Å²) in [5.74, 6) is -5.39. The molecule has 27 nitrogen and oxygen atoms in total. The number of para-hydroxylation sites is 1. The highest BCUT2D eigenvalue weighted by molar-refractivity contribution is 7.22. The number of rotatable bonds is 27. The van der Waals surface area contributed by atoms with E-state index in [0.29, 0.717) is 83.4 Å². The third-order valence-corrected chi connectivity index (χ3v) is 21.8. The number of aliphatic hydroxyl groups excluding tert-OH is 2. The van der Waals surface area contributed by atoms with Gasteiger partial charge in [0.05, 0.1) is 53.5 Å². The maximum absolute atomic E-state index is 14.3. The Bertz CT molecular complexity index is 4250. The van der Waals surface area contributed by atoms with Gasteiger partial charge in [-0.1, -0.05) is 69.4 Å². The number of primary amides is 1. The summed E-state index contributed by atoms with van der Waals surface area (Å²) in [7, 11) is 0. The van der Waals surface area contributed by atoms with Crippen molar-refractivity contribution in [2.75, 3.05) is 54.9 Å². The maximum Gasteiger partial charge on any atom is 0.410 e. The van der Waals surface area contributed by atoms with Gasteiger partial charge in [0, 0.05) is 85.8 Å². The average Bonchev–Trinajstić information content (AvgIpc) is 0.710. The quantitative estimate of drug-likeness (QED) is 0.0241. The summed E-state index contributed by atoms with van der Waals surface area (Å²) in [6.07, 6.45) is 7.01. The van der Waals surface area contributed by atoms with Crippen LogP contribution in [-0.4, -0.2) is 174 Å². The van der Waals surface area contributed by atoms with Crippen molar-refractivity contribution in [3.8, 4) is 11.1 Å². The van der Waals surface area contributed by atoms with Gasteiger partial charge in [-0.2, -0.15) is 5.10 Å². The lowest BCUT2D eigenvalue weighted by Gasteiger charge is -2.69. The van der Waals surface area contributed by atoms with Gasteiger partial charge in [0.15, 0.2) is 10.8 Å². The number of carboxylic acid groups (broad SMARTS) is 1. The first kappa shape index (κ1) is 72.3. The molecule has 0 radical (unpaired) electrons. The summed E-state index contributed by atoms with van der Waals surface area (Å²) >= 11 is 1.40. The number of aliphatic hydroxyl groups is 2. The van der Waals surface area contributed by atoms with E-state index >= 15 is 0 Å². The smallest absolute Gasteiger partial charge is 0.410 e. The normalized spacial score (nSPS) is 24.0. The molecule has 0 spiro atoms. The van der Waals surface area contributed by atoms with Gasteiger partial charge in [0.25, 0.3) is 17.7 Å². The van der Waals surface area contributed by atoms with Crippen LogP contribution in [-0.2, 0) is 75.5 Å². The lowest BCUT2D eigenvalue weighted by atomic mass is 9.39. The number of nitrogens with two attached hydrogens (primary N) is 1. The lowest BCUT2D eigenvalue weighted by molar-refractivity contribution is -0.248. The minimum atomic E-state index is -1.18. The number of carbonyl (C=O) groups excluding carboxylic acids is 8. The molecule has 6 heterocycles. The number of anilines is 3. The maximum atomic E-state index is 14.3. The van der Waals surface area contributed by atoms with Crippen LogP contribution in [0.4, 0.5) is 21.4 Å². The molecule has 102 heavy (non-hydrogen) atoms. The van der Waals surface area contributed by atoms with Crippen LogP contribution >= 0.6 is 11.3 Å². The van der Waals surface area contributed by atoms with Gasteiger partial charge in [-0.25, -0.2) is 19.6 Å². The summed E-state index contributed by atoms with van der Waals surface area (Å²) in [5, 5.41) is 48.2. The fraction of sp³-hybridized carbons (Fsp3) is 0.486. The highest BCUT2D eigenvalue weighted by atomic mass is 32.1. The number of hydrogen-bond acceptors (Lipinski definition) is 19. The Balaban J connectivity index is 0.697. The number of nitrogens with one attached hydrogen (secondary N) is 4. The van der Waals surface area contributed by atoms with Gasteiger partial charge in [-0.3, -0.25) is 48.5 Å². The summed E-state index contributed by atoms with van der Waals surface area (Å²) in [6, 6.07) is 19.7. The SMILES string of the molecule is Cc1c(-c2ccc(N3CCc4cccc(C(=O)Nc5nc6ccccc6s5)c4C3)nc2C(=O)O)cnn1CC12CC3(C)CC(C)(C1)CC(OCCN(CCC(N)=O)C(=O)OCc1ccc(NC(=O)[C@H](C)NC(=O)C(NC(=O)CN4C(=O)C=CC4=O)C(C)C)cc1CC[C@@H]1OC[C@@H](O)C[C@H]1O)(C3)C2. The minimum Gasteiger partial charge on any atom is -0.476 e. The van der Waals surface area contributed by atoms with E-state index in [-0.39, 0.29) is 80.0 Å². The molecule has 3 aliphatic heterocycles. The van der Waals surface area contributed by atoms with E-state index in [4.69, 9.17) is 30.0 Å². The van der Waals surface area contributed by atoms with Crippen molar-refractivity contribution in [1.29, 1.82) is 0 Å². The van der Waals surface area contributed by atoms with Crippen molar-refractivity contribution in [1.82, 2.24) is 40.2 Å². The van der Waals surface area contributed by atoms with E-state index in [2.05, 4.69) is 40.1 Å². The second kappa shape index (κ2) is 29.5. The Morgan fingerprint density at radius 3 is 2.31 bits per heavy atom. The molecule has 5 fully saturated rings. The molecule has 8 amide bonds. The Morgan fingerprint density at radius 2 is 1.60 bits per heavy atom. The first-order chi connectivity index (χ1) is 48.5. The predicted molar refractivity (Wildman–Crippen MR) is 377 cm³/mol. The number of benzene rings is 3. The third-order valence-electron chi connectivity index (χ3n) is 20.8. The molecule has 3 aromatic carbocycles. The van der Waals surface area contributed by atoms with E-state index in [1.165, 1.54) is 23.2 Å². The van der Waals surface area contributed by atoms with Gasteiger partial charge in [-0.05, 0) is 159 Å². The Morgan fingerprint density at radius 1 is 0.843 bits per heavy atom. The second-order valence-corrected chi connectivity index (χ2v) is 30.7. The Hall–Kier alpha value is -9.48. The number of aryl methyl sites for hydroxylation is 1. The number of nitrogens with zero attached hydrogens (tertiary/aromatic N) is 7. The molecule has 7 atom stereocenters. The van der Waals surface area contributed by atoms with Crippen molar-refractivity contribution in [2.24, 2.45) is 27.9 Å². The average molecular weight is 1420 g/mol. The number of aromatic carboxylic acids is 1. The molecule has 13 rings (SSSR count). The lowest BCUT2D eigenvalue weighted by Crippen LogP contribution is -2.64. The standard InChI is InChI=1S/C74H88N12O15S/c1-42(2)63(81-60(90)32-85-61(91)20-21-62(85)92)67(95)77-43(3)65(93)78-48-16-14-47(46(28-48)15-18-56-55(88)29-49(87)34-99-56)33-100-70(98)83(25-23-58(75)89)26-27-101-74-38-71(5)35-72(6,39-74)37-73(36-71,40-74)41-86-44(4)52(30-76-86)50-17-19-59(80-64(50)68(96)97)84-24-22-45-10-9-11-51(53(45)31-84)66(94)82-69-79-54-12-7-8-13-57(54)102-69/h7-14,16-17,19-21,28,30,42-43,49,55-56,63,87-88H,15,18,22-27,29,31-41H2,1-6H3,(H2,75,89)(H,77,95)(H,78,93)(H,81,90)(H,96,97)(H,79,82,94)/t43-,49-,55+,56-,63?,71?,72?,73?,74?/m0/s1. The molecule has 4 bridgehead atoms. The molecule has 3 aromatic heterocycles. The first-order valence-electron chi connectivity index (χ1n) is 34.7. The van der Waals surface area contributed by atoms with Crippen LogP contribution in [0.1, 0.15) is 141 Å². The van der Waals surface area contributed by atoms with Crippen molar-refractivity contribution < 1.29 is 72.7 Å². The van der Waals surface area contributed by atoms with Gasteiger partial charge in [0.2, 0.25) is 23.6 Å². The van der Waals surface area contributed by atoms with Crippen LogP contribution < -0.4 is 31.9 Å². The number of imide groups is 1. The second-order valence-electron chi connectivity index (χ2n) is 29.7. The minimum absolute atomic E-state index is 0.0339. The largest absolute Gasteiger partial charge is 0.476 e. The zero-order valence-corrected chi connectivity index (χ0v) is 58.9. The van der Waals surface area contributed by atoms with Crippen LogP contribution in [0.15, 0.2) is 91.1 Å². The zero-order chi connectivity index (χ0) is 72.6. The first-order valence-corrected chi connectivity index (χ1v) is 35.5. The molecule has 7 aliphatic rings. The van der Waals surface area contributed by atoms with Crippen molar-refractivity contribution in [3.63, 3.8) is 0 Å². The van der Waals surface area contributed by atoms with Gasteiger partial charge in [0.1, 0.15) is 31.1 Å². The number of ether oxygens (including phenoxy) is 3. The van der Waals surface area contributed by atoms with Crippen LogP contribution in [0.3, 0.4) is 0 Å². The number of pyridine rings is 1. The molecular formula is C74H88N12O15S. The number of aromatic nitrogens is 4. The van der Waals surface area contributed by atoms with E-state index in [1.54, 1.807) is 50.4 Å². The number of fused-ring (bicyclic) bond motifs is 2. The molecular weight excluding hydrogens is 1330 g/mol. The molecule has 28 heteroatoms. The van der Waals surface area contributed by atoms with Crippen LogP contribution in [0, 0.1) is 29.1 Å². The Kier molecular flexibility index (Phi) is 20.9. The molecule has 540 valence electrons. The molecule has 4 aliphatic carbocycles. The van der Waals surface area contributed by atoms with Gasteiger partial charge >= 0.3 is 12.1 Å². The molecule has 9 N–H and O–H groups in total. The highest BCUT2D eigenvalue weighted by Crippen LogP contribution is 2.72. The summed E-state index contributed by atoms with van der Waals surface area (Å²) in [4.78, 5) is 131. The van der Waals surface area contributed by atoms with Crippen molar-refractivity contribution in [2.45, 2.75) is 168 Å². The van der Waals surface area contributed by atoms with Crippen LogP contribution in [0.25, 0.3) is 21.3 Å². The van der Waals surface area contributed by atoms with Crippen molar-refractivity contribution in [3.05, 3.63) is 130 Å². The summed E-state index contributed by atoms with van der Waals surface area (Å²) in [5.41, 5.74) is 11.1. The number of carbonyl (C=O) groups is 9. The Labute approximate surface area is 593 Å². The predicted octanol–water partition coefficient (Wildman–Crippen LogP) is 6.98.